The van der Waals surface area contributed by atoms with E-state index >= 15 is 0 Å². The number of carbonyl (C=O) groups excluding carboxylic acids is 1. The van der Waals surface area contributed by atoms with Gasteiger partial charge in [0.25, 0.3) is 5.91 Å². The molecule has 1 aromatic rings. The first-order valence-electron chi connectivity index (χ1n) is 7.85. The first-order valence-corrected chi connectivity index (χ1v) is 8.23. The molecule has 1 aliphatic rings. The number of halogens is 1. The van der Waals surface area contributed by atoms with Crippen LogP contribution in [0.25, 0.3) is 0 Å². The molecule has 1 aliphatic carbocycles. The average Bonchev–Trinajstić information content (AvgIpc) is 2.42. The molecule has 0 atom stereocenters. The summed E-state index contributed by atoms with van der Waals surface area (Å²) < 4.78 is 0. The molecule has 21 heavy (non-hydrogen) atoms. The summed E-state index contributed by atoms with van der Waals surface area (Å²) in [5.41, 5.74) is 1.56. The van der Waals surface area contributed by atoms with Gasteiger partial charge in [-0.25, -0.2) is 0 Å². The van der Waals surface area contributed by atoms with E-state index in [1.165, 1.54) is 44.9 Å². The maximum absolute atomic E-state index is 12.1. The molecule has 116 valence electrons. The zero-order valence-corrected chi connectivity index (χ0v) is 13.7. The van der Waals surface area contributed by atoms with Gasteiger partial charge in [-0.15, -0.1) is 0 Å². The second-order valence-corrected chi connectivity index (χ2v) is 6.49. The van der Waals surface area contributed by atoms with Crippen molar-refractivity contribution in [2.24, 2.45) is 0 Å². The highest BCUT2D eigenvalue weighted by atomic mass is 35.5. The number of anilines is 1. The van der Waals surface area contributed by atoms with Crippen molar-refractivity contribution in [1.82, 2.24) is 4.90 Å². The van der Waals surface area contributed by atoms with Gasteiger partial charge in [-0.05, 0) is 31.0 Å². The van der Waals surface area contributed by atoms with Crippen LogP contribution in [0.5, 0.6) is 0 Å². The topological polar surface area (TPSA) is 32.3 Å². The van der Waals surface area contributed by atoms with Gasteiger partial charge < -0.3 is 10.2 Å². The molecule has 1 saturated carbocycles. The second-order valence-electron chi connectivity index (χ2n) is 6.08. The molecule has 0 unspecified atom stereocenters. The van der Waals surface area contributed by atoms with Gasteiger partial charge in [0.15, 0.2) is 0 Å². The Morgan fingerprint density at radius 2 is 1.76 bits per heavy atom. The third-order valence-electron chi connectivity index (χ3n) is 4.08. The minimum atomic E-state index is 0.00684. The fourth-order valence-corrected chi connectivity index (χ4v) is 3.02. The molecule has 0 radical (unpaired) electrons. The monoisotopic (exact) mass is 308 g/mol. The predicted molar refractivity (Wildman–Crippen MR) is 89.2 cm³/mol. The molecule has 4 heteroatoms. The number of hydrogen-bond acceptors (Lipinski definition) is 2. The molecule has 1 aromatic carbocycles. The van der Waals surface area contributed by atoms with Crippen LogP contribution in [0.15, 0.2) is 18.2 Å². The molecule has 2 rings (SSSR count). The molecule has 1 N–H and O–H groups in total. The molecule has 0 bridgehead atoms. The first-order chi connectivity index (χ1) is 10.1. The lowest BCUT2D eigenvalue weighted by Crippen LogP contribution is -2.23. The van der Waals surface area contributed by atoms with Crippen LogP contribution in [-0.4, -0.2) is 30.9 Å². The zero-order valence-electron chi connectivity index (χ0n) is 13.0. The van der Waals surface area contributed by atoms with Gasteiger partial charge in [-0.3, -0.25) is 4.79 Å². The lowest BCUT2D eigenvalue weighted by Gasteiger charge is -2.23. The molecule has 0 aromatic heterocycles. The van der Waals surface area contributed by atoms with E-state index in [1.807, 2.05) is 12.1 Å². The number of nitrogens with zero attached hydrogens (tertiary/aromatic N) is 1. The summed E-state index contributed by atoms with van der Waals surface area (Å²) in [6.45, 7) is 0. The highest BCUT2D eigenvalue weighted by Crippen LogP contribution is 2.27. The average molecular weight is 309 g/mol. The first kappa shape index (κ1) is 16.2. The van der Waals surface area contributed by atoms with Gasteiger partial charge in [0.05, 0.1) is 10.7 Å². The van der Waals surface area contributed by atoms with Crippen molar-refractivity contribution in [2.45, 2.75) is 51.0 Å². The van der Waals surface area contributed by atoms with E-state index in [2.05, 4.69) is 5.32 Å². The number of rotatable bonds is 3. The summed E-state index contributed by atoms with van der Waals surface area (Å²) in [5, 5.41) is 4.24. The van der Waals surface area contributed by atoms with Gasteiger partial charge >= 0.3 is 0 Å². The molecule has 0 aliphatic heterocycles. The van der Waals surface area contributed by atoms with Crippen LogP contribution in [0.4, 0.5) is 5.69 Å². The zero-order chi connectivity index (χ0) is 15.2. The van der Waals surface area contributed by atoms with Gasteiger partial charge in [0, 0.05) is 25.7 Å². The minimum Gasteiger partial charge on any atom is -0.381 e. The highest BCUT2D eigenvalue weighted by molar-refractivity contribution is 6.33. The predicted octanol–water partition coefficient (Wildman–Crippen LogP) is 4.57. The Labute approximate surface area is 132 Å². The SMILES string of the molecule is CN(C)C(=O)c1ccc(Cl)c(NC2CCCCCCC2)c1. The standard InChI is InChI=1S/C17H25ClN2O/c1-20(2)17(21)13-10-11-15(18)16(12-13)19-14-8-6-4-3-5-7-9-14/h10-12,14,19H,3-9H2,1-2H3. The van der Waals surface area contributed by atoms with E-state index < -0.39 is 0 Å². The lowest BCUT2D eigenvalue weighted by molar-refractivity contribution is 0.0827. The van der Waals surface area contributed by atoms with Crippen LogP contribution in [-0.2, 0) is 0 Å². The normalized spacial score (nSPS) is 16.9. The van der Waals surface area contributed by atoms with Gasteiger partial charge in [0.2, 0.25) is 0 Å². The molecule has 1 amide bonds. The van der Waals surface area contributed by atoms with Crippen LogP contribution < -0.4 is 5.32 Å². The Morgan fingerprint density at radius 3 is 2.38 bits per heavy atom. The van der Waals surface area contributed by atoms with Crippen LogP contribution in [0, 0.1) is 0 Å². The maximum atomic E-state index is 12.1. The lowest BCUT2D eigenvalue weighted by atomic mass is 9.96. The largest absolute Gasteiger partial charge is 0.381 e. The van der Waals surface area contributed by atoms with Gasteiger partial charge in [0.1, 0.15) is 0 Å². The Morgan fingerprint density at radius 1 is 1.14 bits per heavy atom. The van der Waals surface area contributed by atoms with Crippen LogP contribution >= 0.6 is 11.6 Å². The van der Waals surface area contributed by atoms with Crippen molar-refractivity contribution in [2.75, 3.05) is 19.4 Å². The Hall–Kier alpha value is -1.22. The number of nitrogens with one attached hydrogen (secondary N) is 1. The van der Waals surface area contributed by atoms with Crippen LogP contribution in [0.3, 0.4) is 0 Å². The van der Waals surface area contributed by atoms with E-state index in [4.69, 9.17) is 11.6 Å². The van der Waals surface area contributed by atoms with E-state index in [1.54, 1.807) is 25.1 Å². The molecule has 0 heterocycles. The van der Waals surface area contributed by atoms with E-state index in [0.717, 1.165) is 5.69 Å². The third-order valence-corrected chi connectivity index (χ3v) is 4.41. The van der Waals surface area contributed by atoms with E-state index in [9.17, 15) is 4.79 Å². The third kappa shape index (κ3) is 4.63. The van der Waals surface area contributed by atoms with Crippen LogP contribution in [0.1, 0.15) is 55.3 Å². The van der Waals surface area contributed by atoms with E-state index in [-0.39, 0.29) is 5.91 Å². The summed E-state index contributed by atoms with van der Waals surface area (Å²) >= 11 is 6.29. The Balaban J connectivity index is 2.10. The summed E-state index contributed by atoms with van der Waals surface area (Å²) in [6, 6.07) is 5.94. The highest BCUT2D eigenvalue weighted by Gasteiger charge is 2.15. The van der Waals surface area contributed by atoms with Gasteiger partial charge in [-0.2, -0.15) is 0 Å². The Kier molecular flexibility index (Phi) is 5.92. The van der Waals surface area contributed by atoms with E-state index in [0.29, 0.717) is 16.6 Å². The number of amides is 1. The van der Waals surface area contributed by atoms with Crippen molar-refractivity contribution in [3.63, 3.8) is 0 Å². The van der Waals surface area contributed by atoms with Crippen LogP contribution in [0.2, 0.25) is 5.02 Å². The second kappa shape index (κ2) is 7.69. The fourth-order valence-electron chi connectivity index (χ4n) is 2.85. The quantitative estimate of drug-likeness (QED) is 0.887. The number of carbonyl (C=O) groups is 1. The Bertz CT molecular complexity index is 480. The van der Waals surface area contributed by atoms with Gasteiger partial charge in [-0.1, -0.05) is 43.7 Å². The van der Waals surface area contributed by atoms with Crippen molar-refractivity contribution in [1.29, 1.82) is 0 Å². The number of benzene rings is 1. The maximum Gasteiger partial charge on any atom is 0.253 e. The van der Waals surface area contributed by atoms with Crippen molar-refractivity contribution < 1.29 is 4.79 Å². The summed E-state index contributed by atoms with van der Waals surface area (Å²) in [5.74, 6) is 0.00684. The van der Waals surface area contributed by atoms with Crippen molar-refractivity contribution >= 4 is 23.2 Å². The van der Waals surface area contributed by atoms with Crippen molar-refractivity contribution in [3.05, 3.63) is 28.8 Å². The smallest absolute Gasteiger partial charge is 0.253 e. The molecule has 0 saturated heterocycles. The molecule has 3 nitrogen and oxygen atoms in total. The molecular formula is C17H25ClN2O. The molecule has 1 fully saturated rings. The fraction of sp³-hybridized carbons (Fsp3) is 0.588. The minimum absolute atomic E-state index is 0.00684. The van der Waals surface area contributed by atoms with Crippen molar-refractivity contribution in [3.8, 4) is 0 Å². The molecular weight excluding hydrogens is 284 g/mol. The number of hydrogen-bond donors (Lipinski definition) is 1. The summed E-state index contributed by atoms with van der Waals surface area (Å²) in [6.07, 6.45) is 8.91. The summed E-state index contributed by atoms with van der Waals surface area (Å²) in [4.78, 5) is 13.6. The molecule has 0 spiro atoms. The summed E-state index contributed by atoms with van der Waals surface area (Å²) in [7, 11) is 3.53.